The molecule has 5 heteroatoms. The van der Waals surface area contributed by atoms with Gasteiger partial charge in [-0.2, -0.15) is 0 Å². The second kappa shape index (κ2) is 3.28. The molecule has 1 fully saturated rings. The van der Waals surface area contributed by atoms with E-state index in [2.05, 4.69) is 26.2 Å². The molecule has 15 heavy (non-hydrogen) atoms. The SMILES string of the molecule is O=C1NC2(CCCCC2)c2nc(Br)sc21. The van der Waals surface area contributed by atoms with E-state index in [4.69, 9.17) is 0 Å². The van der Waals surface area contributed by atoms with Crippen LogP contribution in [0.15, 0.2) is 3.92 Å². The lowest BCUT2D eigenvalue weighted by Crippen LogP contribution is -2.41. The van der Waals surface area contributed by atoms with Crippen molar-refractivity contribution >= 4 is 33.2 Å². The largest absolute Gasteiger partial charge is 0.340 e. The standard InChI is InChI=1S/C10H11BrN2OS/c11-9-12-7-6(15-9)8(14)13-10(7)4-2-1-3-5-10/h1-5H2,(H,13,14). The van der Waals surface area contributed by atoms with Gasteiger partial charge < -0.3 is 5.32 Å². The van der Waals surface area contributed by atoms with Gasteiger partial charge in [-0.05, 0) is 28.8 Å². The molecule has 2 aliphatic rings. The molecule has 0 radical (unpaired) electrons. The van der Waals surface area contributed by atoms with Crippen molar-refractivity contribution in [3.63, 3.8) is 0 Å². The van der Waals surface area contributed by atoms with E-state index in [9.17, 15) is 4.79 Å². The summed E-state index contributed by atoms with van der Waals surface area (Å²) in [5.41, 5.74) is 0.858. The third-order valence-electron chi connectivity index (χ3n) is 3.32. The molecular weight excluding hydrogens is 276 g/mol. The van der Waals surface area contributed by atoms with Gasteiger partial charge in [0.25, 0.3) is 5.91 Å². The number of fused-ring (bicyclic) bond motifs is 2. The Kier molecular flexibility index (Phi) is 2.14. The lowest BCUT2D eigenvalue weighted by molar-refractivity contribution is 0.0910. The highest BCUT2D eigenvalue weighted by molar-refractivity contribution is 9.11. The number of nitrogens with zero attached hydrogens (tertiary/aromatic N) is 1. The summed E-state index contributed by atoms with van der Waals surface area (Å²) >= 11 is 4.81. The maximum absolute atomic E-state index is 11.8. The Morgan fingerprint density at radius 2 is 2.07 bits per heavy atom. The molecule has 1 aromatic heterocycles. The number of halogens is 1. The van der Waals surface area contributed by atoms with E-state index >= 15 is 0 Å². The molecule has 1 spiro atoms. The predicted octanol–water partition coefficient (Wildman–Crippen LogP) is 2.81. The van der Waals surface area contributed by atoms with Gasteiger partial charge in [-0.1, -0.05) is 19.3 Å². The minimum absolute atomic E-state index is 0.0649. The topological polar surface area (TPSA) is 42.0 Å². The lowest BCUT2D eigenvalue weighted by Gasteiger charge is -2.32. The second-order valence-corrected chi connectivity index (χ2v) is 6.52. The van der Waals surface area contributed by atoms with Crippen molar-refractivity contribution in [2.75, 3.05) is 0 Å². The number of aromatic nitrogens is 1. The molecule has 3 rings (SSSR count). The minimum atomic E-state index is -0.132. The number of nitrogens with one attached hydrogen (secondary N) is 1. The van der Waals surface area contributed by atoms with Gasteiger partial charge in [-0.25, -0.2) is 4.98 Å². The molecule has 1 aromatic rings. The Morgan fingerprint density at radius 3 is 2.80 bits per heavy atom. The van der Waals surface area contributed by atoms with Crippen LogP contribution in [0.2, 0.25) is 0 Å². The maximum atomic E-state index is 11.8. The van der Waals surface area contributed by atoms with E-state index in [0.717, 1.165) is 27.3 Å². The van der Waals surface area contributed by atoms with Crippen molar-refractivity contribution in [2.24, 2.45) is 0 Å². The molecule has 1 aliphatic carbocycles. The Hall–Kier alpha value is -0.420. The quantitative estimate of drug-likeness (QED) is 0.797. The molecule has 0 saturated heterocycles. The van der Waals surface area contributed by atoms with Crippen LogP contribution in [-0.4, -0.2) is 10.9 Å². The van der Waals surface area contributed by atoms with Crippen molar-refractivity contribution in [1.29, 1.82) is 0 Å². The van der Waals surface area contributed by atoms with Crippen LogP contribution < -0.4 is 5.32 Å². The highest BCUT2D eigenvalue weighted by atomic mass is 79.9. The molecule has 0 bridgehead atoms. The van der Waals surface area contributed by atoms with Gasteiger partial charge in [-0.3, -0.25) is 4.79 Å². The molecule has 2 heterocycles. The number of carbonyl (C=O) groups is 1. The maximum Gasteiger partial charge on any atom is 0.264 e. The Morgan fingerprint density at radius 1 is 1.33 bits per heavy atom. The summed E-state index contributed by atoms with van der Waals surface area (Å²) in [5.74, 6) is 0.0649. The summed E-state index contributed by atoms with van der Waals surface area (Å²) in [6.07, 6.45) is 5.74. The van der Waals surface area contributed by atoms with Gasteiger partial charge in [0, 0.05) is 0 Å². The summed E-state index contributed by atoms with van der Waals surface area (Å²) in [5, 5.41) is 3.13. The minimum Gasteiger partial charge on any atom is -0.340 e. The first-order valence-electron chi connectivity index (χ1n) is 5.21. The van der Waals surface area contributed by atoms with Crippen molar-refractivity contribution in [3.8, 4) is 0 Å². The van der Waals surface area contributed by atoms with Crippen LogP contribution in [0.25, 0.3) is 0 Å². The van der Waals surface area contributed by atoms with Crippen LogP contribution in [-0.2, 0) is 5.54 Å². The van der Waals surface area contributed by atoms with Gasteiger partial charge in [0.05, 0.1) is 11.2 Å². The highest BCUT2D eigenvalue weighted by Gasteiger charge is 2.46. The fraction of sp³-hybridized carbons (Fsp3) is 0.600. The average Bonchev–Trinajstić information content (AvgIpc) is 2.70. The third kappa shape index (κ3) is 1.36. The number of carbonyl (C=O) groups excluding carboxylic acids is 1. The number of hydrogen-bond acceptors (Lipinski definition) is 3. The molecule has 1 N–H and O–H groups in total. The summed E-state index contributed by atoms with van der Waals surface area (Å²) < 4.78 is 0.826. The normalized spacial score (nSPS) is 22.9. The van der Waals surface area contributed by atoms with Crippen LogP contribution in [0.4, 0.5) is 0 Å². The van der Waals surface area contributed by atoms with Crippen LogP contribution in [0, 0.1) is 0 Å². The summed E-state index contributed by atoms with van der Waals surface area (Å²) in [4.78, 5) is 17.1. The van der Waals surface area contributed by atoms with Crippen LogP contribution in [0.1, 0.15) is 47.5 Å². The number of amides is 1. The zero-order chi connectivity index (χ0) is 10.5. The molecule has 0 atom stereocenters. The van der Waals surface area contributed by atoms with Gasteiger partial charge in [0.15, 0.2) is 3.92 Å². The number of thiazole rings is 1. The van der Waals surface area contributed by atoms with Gasteiger partial charge in [0.1, 0.15) is 4.88 Å². The summed E-state index contributed by atoms with van der Waals surface area (Å²) in [7, 11) is 0. The van der Waals surface area contributed by atoms with E-state index in [-0.39, 0.29) is 11.4 Å². The van der Waals surface area contributed by atoms with Crippen molar-refractivity contribution in [2.45, 2.75) is 37.6 Å². The predicted molar refractivity (Wildman–Crippen MR) is 62.0 cm³/mol. The first-order chi connectivity index (χ1) is 7.21. The van der Waals surface area contributed by atoms with Crippen molar-refractivity contribution < 1.29 is 4.79 Å². The molecule has 1 saturated carbocycles. The zero-order valence-corrected chi connectivity index (χ0v) is 10.6. The highest BCUT2D eigenvalue weighted by Crippen LogP contribution is 2.44. The first-order valence-corrected chi connectivity index (χ1v) is 6.82. The Bertz CT molecular complexity index is 423. The van der Waals surface area contributed by atoms with E-state index < -0.39 is 0 Å². The second-order valence-electron chi connectivity index (χ2n) is 4.24. The zero-order valence-electron chi connectivity index (χ0n) is 8.18. The summed E-state index contributed by atoms with van der Waals surface area (Å²) in [6, 6.07) is 0. The van der Waals surface area contributed by atoms with Gasteiger partial charge in [-0.15, -0.1) is 11.3 Å². The van der Waals surface area contributed by atoms with E-state index in [1.165, 1.54) is 30.6 Å². The molecule has 0 aromatic carbocycles. The lowest BCUT2D eigenvalue weighted by atomic mass is 9.81. The smallest absolute Gasteiger partial charge is 0.264 e. The van der Waals surface area contributed by atoms with Gasteiger partial charge >= 0.3 is 0 Å². The number of hydrogen-bond donors (Lipinski definition) is 1. The molecule has 80 valence electrons. The summed E-state index contributed by atoms with van der Waals surface area (Å²) in [6.45, 7) is 0. The van der Waals surface area contributed by atoms with Crippen LogP contribution in [0.5, 0.6) is 0 Å². The fourth-order valence-corrected chi connectivity index (χ4v) is 4.07. The Labute approximate surface area is 100 Å². The van der Waals surface area contributed by atoms with E-state index in [1.807, 2.05) is 0 Å². The first kappa shape index (κ1) is 9.78. The monoisotopic (exact) mass is 286 g/mol. The third-order valence-corrected chi connectivity index (χ3v) is 4.83. The van der Waals surface area contributed by atoms with Crippen molar-refractivity contribution in [3.05, 3.63) is 14.5 Å². The molecule has 3 nitrogen and oxygen atoms in total. The molecule has 1 amide bonds. The van der Waals surface area contributed by atoms with E-state index in [1.54, 1.807) is 0 Å². The van der Waals surface area contributed by atoms with Gasteiger partial charge in [0.2, 0.25) is 0 Å². The molecule has 0 unspecified atom stereocenters. The van der Waals surface area contributed by atoms with Crippen molar-refractivity contribution in [1.82, 2.24) is 10.3 Å². The van der Waals surface area contributed by atoms with Crippen LogP contribution >= 0.6 is 27.3 Å². The Balaban J connectivity index is 2.09. The molecule has 1 aliphatic heterocycles. The van der Waals surface area contributed by atoms with E-state index in [0.29, 0.717) is 0 Å². The number of rotatable bonds is 0. The van der Waals surface area contributed by atoms with Crippen LogP contribution in [0.3, 0.4) is 0 Å². The average molecular weight is 287 g/mol. The fourth-order valence-electron chi connectivity index (χ4n) is 2.62. The molecular formula is C10H11BrN2OS.